The Labute approximate surface area is 126 Å². The van der Waals surface area contributed by atoms with Crippen LogP contribution >= 0.6 is 47.8 Å². The first kappa shape index (κ1) is 15.0. The van der Waals surface area contributed by atoms with Crippen molar-refractivity contribution in [1.29, 1.82) is 0 Å². The van der Waals surface area contributed by atoms with E-state index in [1.54, 1.807) is 13.2 Å². The van der Waals surface area contributed by atoms with Crippen molar-refractivity contribution >= 4 is 59.4 Å². The molecule has 0 aliphatic rings. The molecule has 0 fully saturated rings. The fourth-order valence-corrected chi connectivity index (χ4v) is 2.55. The third-order valence-corrected chi connectivity index (χ3v) is 4.48. The molecule has 0 bridgehead atoms. The summed E-state index contributed by atoms with van der Waals surface area (Å²) in [6.07, 6.45) is 0.733. The molecular formula is C11H12Br3NO2. The van der Waals surface area contributed by atoms with Gasteiger partial charge in [-0.25, -0.2) is 0 Å². The topological polar surface area (TPSA) is 38.3 Å². The molecule has 1 aromatic rings. The van der Waals surface area contributed by atoms with Gasteiger partial charge >= 0.3 is 0 Å². The summed E-state index contributed by atoms with van der Waals surface area (Å²) in [4.78, 5) is 11.6. The van der Waals surface area contributed by atoms with Crippen LogP contribution in [0.3, 0.4) is 0 Å². The van der Waals surface area contributed by atoms with Crippen molar-refractivity contribution in [1.82, 2.24) is 0 Å². The molecule has 6 heteroatoms. The molecule has 1 aromatic carbocycles. The van der Waals surface area contributed by atoms with E-state index in [-0.39, 0.29) is 10.7 Å². The Bertz CT molecular complexity index is 423. The van der Waals surface area contributed by atoms with Crippen LogP contribution in [0.15, 0.2) is 21.1 Å². The van der Waals surface area contributed by atoms with Gasteiger partial charge in [-0.15, -0.1) is 0 Å². The zero-order chi connectivity index (χ0) is 13.0. The van der Waals surface area contributed by atoms with E-state index in [0.29, 0.717) is 11.4 Å². The van der Waals surface area contributed by atoms with Crippen LogP contribution in [-0.2, 0) is 4.79 Å². The van der Waals surface area contributed by atoms with Crippen LogP contribution in [0.2, 0.25) is 0 Å². The van der Waals surface area contributed by atoms with E-state index in [2.05, 4.69) is 53.1 Å². The van der Waals surface area contributed by atoms with Crippen molar-refractivity contribution in [2.24, 2.45) is 0 Å². The summed E-state index contributed by atoms with van der Waals surface area (Å²) in [5, 5.41) is 2.83. The summed E-state index contributed by atoms with van der Waals surface area (Å²) >= 11 is 10.1. The first-order chi connectivity index (χ1) is 7.99. The summed E-state index contributed by atoms with van der Waals surface area (Å²) < 4.78 is 6.81. The van der Waals surface area contributed by atoms with Crippen molar-refractivity contribution in [3.8, 4) is 5.75 Å². The van der Waals surface area contributed by atoms with Crippen molar-refractivity contribution < 1.29 is 9.53 Å². The van der Waals surface area contributed by atoms with Gasteiger partial charge in [0.2, 0.25) is 5.91 Å². The molecule has 0 heterocycles. The van der Waals surface area contributed by atoms with Crippen molar-refractivity contribution in [3.63, 3.8) is 0 Å². The zero-order valence-corrected chi connectivity index (χ0v) is 14.1. The average Bonchev–Trinajstić information content (AvgIpc) is 2.31. The monoisotopic (exact) mass is 427 g/mol. The minimum atomic E-state index is -0.191. The number of benzene rings is 1. The van der Waals surface area contributed by atoms with Crippen LogP contribution in [0.5, 0.6) is 5.75 Å². The number of hydrogen-bond acceptors (Lipinski definition) is 2. The summed E-state index contributed by atoms with van der Waals surface area (Å²) in [7, 11) is 1.58. The van der Waals surface area contributed by atoms with Gasteiger partial charge in [-0.2, -0.15) is 0 Å². The summed E-state index contributed by atoms with van der Waals surface area (Å²) in [6.45, 7) is 1.94. The van der Waals surface area contributed by atoms with Crippen LogP contribution in [0, 0.1) is 0 Å². The molecule has 0 aliphatic carbocycles. The smallest absolute Gasteiger partial charge is 0.238 e. The number of alkyl halides is 1. The third kappa shape index (κ3) is 3.96. The maximum atomic E-state index is 11.7. The number of amides is 1. The molecular weight excluding hydrogens is 418 g/mol. The zero-order valence-electron chi connectivity index (χ0n) is 9.39. The highest BCUT2D eigenvalue weighted by Crippen LogP contribution is 2.34. The molecule has 1 atom stereocenters. The Morgan fingerprint density at radius 3 is 2.59 bits per heavy atom. The standard InChI is InChI=1S/C11H12Br3NO2/c1-3-6(12)11(16)15-9-5-10(17-2)8(14)4-7(9)13/h4-6H,3H2,1-2H3,(H,15,16). The van der Waals surface area contributed by atoms with Crippen LogP contribution in [-0.4, -0.2) is 17.8 Å². The molecule has 3 nitrogen and oxygen atoms in total. The fourth-order valence-electron chi connectivity index (χ4n) is 1.18. The minimum Gasteiger partial charge on any atom is -0.495 e. The van der Waals surface area contributed by atoms with Gasteiger partial charge in [0.25, 0.3) is 0 Å². The molecule has 1 rings (SSSR count). The molecule has 0 spiro atoms. The molecule has 0 aliphatic heterocycles. The number of rotatable bonds is 4. The second-order valence-corrected chi connectivity index (χ2v) is 6.15. The van der Waals surface area contributed by atoms with E-state index >= 15 is 0 Å². The molecule has 0 saturated heterocycles. The van der Waals surface area contributed by atoms with Crippen molar-refractivity contribution in [2.45, 2.75) is 18.2 Å². The van der Waals surface area contributed by atoms with Gasteiger partial charge < -0.3 is 10.1 Å². The largest absolute Gasteiger partial charge is 0.495 e. The van der Waals surface area contributed by atoms with Gasteiger partial charge in [0.1, 0.15) is 5.75 Å². The summed E-state index contributed by atoms with van der Waals surface area (Å²) in [6, 6.07) is 3.60. The van der Waals surface area contributed by atoms with E-state index in [4.69, 9.17) is 4.74 Å². The van der Waals surface area contributed by atoms with Crippen molar-refractivity contribution in [3.05, 3.63) is 21.1 Å². The summed E-state index contributed by atoms with van der Waals surface area (Å²) in [5.41, 5.74) is 0.688. The quantitative estimate of drug-likeness (QED) is 0.723. The normalized spacial score (nSPS) is 12.1. The molecule has 1 amide bonds. The van der Waals surface area contributed by atoms with Gasteiger partial charge in [0.15, 0.2) is 0 Å². The van der Waals surface area contributed by atoms with E-state index in [0.717, 1.165) is 15.4 Å². The number of ether oxygens (including phenoxy) is 1. The Morgan fingerprint density at radius 2 is 2.06 bits per heavy atom. The van der Waals surface area contributed by atoms with E-state index in [1.165, 1.54) is 0 Å². The van der Waals surface area contributed by atoms with Crippen LogP contribution in [0.1, 0.15) is 13.3 Å². The Balaban J connectivity index is 2.95. The van der Waals surface area contributed by atoms with Crippen LogP contribution in [0.4, 0.5) is 5.69 Å². The van der Waals surface area contributed by atoms with Gasteiger partial charge in [-0.1, -0.05) is 22.9 Å². The summed E-state index contributed by atoms with van der Waals surface area (Å²) in [5.74, 6) is 0.601. The maximum Gasteiger partial charge on any atom is 0.238 e. The van der Waals surface area contributed by atoms with E-state index in [9.17, 15) is 4.79 Å². The third-order valence-electron chi connectivity index (χ3n) is 2.14. The highest BCUT2D eigenvalue weighted by molar-refractivity contribution is 9.11. The fraction of sp³-hybridized carbons (Fsp3) is 0.364. The lowest BCUT2D eigenvalue weighted by molar-refractivity contribution is -0.115. The van der Waals surface area contributed by atoms with E-state index < -0.39 is 0 Å². The number of hydrogen-bond donors (Lipinski definition) is 1. The van der Waals surface area contributed by atoms with Crippen molar-refractivity contribution in [2.75, 3.05) is 12.4 Å². The Hall–Kier alpha value is -0.0700. The molecule has 0 saturated carbocycles. The lowest BCUT2D eigenvalue weighted by Crippen LogP contribution is -2.22. The lowest BCUT2D eigenvalue weighted by atomic mass is 10.2. The molecule has 1 N–H and O–H groups in total. The Kier molecular flexibility index (Phi) is 5.95. The molecule has 17 heavy (non-hydrogen) atoms. The number of anilines is 1. The van der Waals surface area contributed by atoms with Gasteiger partial charge in [0.05, 0.1) is 22.1 Å². The SMILES string of the molecule is CCC(Br)C(=O)Nc1cc(OC)c(Br)cc1Br. The van der Waals surface area contributed by atoms with Gasteiger partial charge in [-0.05, 0) is 44.3 Å². The number of carbonyl (C=O) groups excluding carboxylic acids is 1. The van der Waals surface area contributed by atoms with Crippen LogP contribution < -0.4 is 10.1 Å². The number of nitrogens with one attached hydrogen (secondary N) is 1. The second kappa shape index (κ2) is 6.75. The number of methoxy groups -OCH3 is 1. The number of carbonyl (C=O) groups is 1. The van der Waals surface area contributed by atoms with Gasteiger partial charge in [-0.3, -0.25) is 4.79 Å². The lowest BCUT2D eigenvalue weighted by Gasteiger charge is -2.12. The van der Waals surface area contributed by atoms with E-state index in [1.807, 2.05) is 13.0 Å². The first-order valence-corrected chi connectivity index (χ1v) is 7.47. The maximum absolute atomic E-state index is 11.7. The first-order valence-electron chi connectivity index (χ1n) is 4.97. The second-order valence-electron chi connectivity index (χ2n) is 3.33. The highest BCUT2D eigenvalue weighted by atomic mass is 79.9. The molecule has 94 valence electrons. The molecule has 0 radical (unpaired) electrons. The van der Waals surface area contributed by atoms with Crippen LogP contribution in [0.25, 0.3) is 0 Å². The highest BCUT2D eigenvalue weighted by Gasteiger charge is 2.15. The van der Waals surface area contributed by atoms with Gasteiger partial charge in [0, 0.05) is 10.5 Å². The molecule has 1 unspecified atom stereocenters. The Morgan fingerprint density at radius 1 is 1.41 bits per heavy atom. The average molecular weight is 430 g/mol. The predicted molar refractivity (Wildman–Crippen MR) is 80.0 cm³/mol. The minimum absolute atomic E-state index is 0.0717. The molecule has 0 aromatic heterocycles. The predicted octanol–water partition coefficient (Wildman–Crippen LogP) is 4.33. The number of halogens is 3.